The van der Waals surface area contributed by atoms with E-state index in [9.17, 15) is 4.79 Å². The number of carbonyl (C=O) groups excluding carboxylic acids is 1. The fourth-order valence-corrected chi connectivity index (χ4v) is 2.74. The van der Waals surface area contributed by atoms with Crippen LogP contribution in [0.15, 0.2) is 54.9 Å². The van der Waals surface area contributed by atoms with Crippen LogP contribution < -0.4 is 10.6 Å². The van der Waals surface area contributed by atoms with Crippen LogP contribution in [0.1, 0.15) is 30.8 Å². The highest BCUT2D eigenvalue weighted by Crippen LogP contribution is 2.21. The summed E-state index contributed by atoms with van der Waals surface area (Å²) in [6, 6.07) is 12.7. The molecule has 7 heteroatoms. The van der Waals surface area contributed by atoms with E-state index in [4.69, 9.17) is 11.6 Å². The van der Waals surface area contributed by atoms with Crippen molar-refractivity contribution < 1.29 is 4.79 Å². The van der Waals surface area contributed by atoms with Crippen LogP contribution in [0.25, 0.3) is 11.3 Å². The van der Waals surface area contributed by atoms with Crippen LogP contribution in [0, 0.1) is 5.92 Å². The third kappa shape index (κ3) is 5.50. The molecular weight excluding hydrogens is 374 g/mol. The lowest BCUT2D eigenvalue weighted by atomic mass is 10.1. The molecule has 0 saturated carbocycles. The molecule has 0 radical (unpaired) electrons. The van der Waals surface area contributed by atoms with Crippen molar-refractivity contribution in [3.63, 3.8) is 0 Å². The van der Waals surface area contributed by atoms with Gasteiger partial charge in [-0.15, -0.1) is 0 Å². The highest BCUT2D eigenvalue weighted by molar-refractivity contribution is 6.30. The highest BCUT2D eigenvalue weighted by Gasteiger charge is 2.10. The monoisotopic (exact) mass is 395 g/mol. The third-order valence-electron chi connectivity index (χ3n) is 4.03. The van der Waals surface area contributed by atoms with E-state index in [-0.39, 0.29) is 5.91 Å². The van der Waals surface area contributed by atoms with E-state index in [2.05, 4.69) is 39.4 Å². The molecule has 3 aromatic rings. The zero-order valence-corrected chi connectivity index (χ0v) is 16.6. The van der Waals surface area contributed by atoms with Crippen LogP contribution >= 0.6 is 11.6 Å². The van der Waals surface area contributed by atoms with Crippen molar-refractivity contribution in [2.45, 2.75) is 20.3 Å². The second-order valence-corrected chi connectivity index (χ2v) is 7.21. The molecule has 28 heavy (non-hydrogen) atoms. The van der Waals surface area contributed by atoms with Gasteiger partial charge in [-0.05, 0) is 48.7 Å². The average Bonchev–Trinajstić information content (AvgIpc) is 2.68. The average molecular weight is 396 g/mol. The first-order valence-electron chi connectivity index (χ1n) is 9.11. The normalized spacial score (nSPS) is 10.7. The maximum absolute atomic E-state index is 12.3. The molecule has 0 bridgehead atoms. The lowest BCUT2D eigenvalue weighted by Gasteiger charge is -2.09. The Kier molecular flexibility index (Phi) is 6.55. The number of nitrogens with one attached hydrogen (secondary N) is 2. The van der Waals surface area contributed by atoms with Crippen LogP contribution in [0.2, 0.25) is 5.02 Å². The first-order valence-corrected chi connectivity index (χ1v) is 9.49. The van der Waals surface area contributed by atoms with Gasteiger partial charge in [-0.25, -0.2) is 9.97 Å². The predicted molar refractivity (Wildman–Crippen MR) is 112 cm³/mol. The fraction of sp³-hybridized carbons (Fsp3) is 0.238. The highest BCUT2D eigenvalue weighted by atomic mass is 35.5. The number of rotatable bonds is 7. The Bertz CT molecular complexity index is 961. The van der Waals surface area contributed by atoms with E-state index < -0.39 is 0 Å². The number of amides is 1. The van der Waals surface area contributed by atoms with Crippen molar-refractivity contribution in [2.75, 3.05) is 11.9 Å². The maximum atomic E-state index is 12.3. The molecule has 0 aliphatic heterocycles. The Balaban J connectivity index is 1.75. The van der Waals surface area contributed by atoms with Gasteiger partial charge in [-0.2, -0.15) is 0 Å². The minimum atomic E-state index is -0.186. The van der Waals surface area contributed by atoms with E-state index in [1.54, 1.807) is 36.7 Å². The van der Waals surface area contributed by atoms with E-state index in [1.165, 1.54) is 0 Å². The van der Waals surface area contributed by atoms with Crippen molar-refractivity contribution in [3.8, 4) is 11.3 Å². The summed E-state index contributed by atoms with van der Waals surface area (Å²) < 4.78 is 0. The first-order chi connectivity index (χ1) is 13.5. The summed E-state index contributed by atoms with van der Waals surface area (Å²) >= 11 is 6.01. The van der Waals surface area contributed by atoms with Crippen LogP contribution in [-0.4, -0.2) is 27.4 Å². The molecule has 2 heterocycles. The lowest BCUT2D eigenvalue weighted by Crippen LogP contribution is -2.26. The van der Waals surface area contributed by atoms with E-state index in [0.29, 0.717) is 34.8 Å². The largest absolute Gasteiger partial charge is 0.351 e. The Labute approximate surface area is 169 Å². The number of anilines is 2. The molecule has 6 nitrogen and oxygen atoms in total. The molecular formula is C21H22ClN5O. The predicted octanol–water partition coefficient (Wildman–Crippen LogP) is 4.71. The van der Waals surface area contributed by atoms with E-state index >= 15 is 0 Å². The van der Waals surface area contributed by atoms with Gasteiger partial charge >= 0.3 is 0 Å². The molecule has 0 atom stereocenters. The number of hydrogen-bond acceptors (Lipinski definition) is 5. The van der Waals surface area contributed by atoms with Gasteiger partial charge in [0, 0.05) is 35.2 Å². The van der Waals surface area contributed by atoms with Gasteiger partial charge in [0.15, 0.2) is 0 Å². The Morgan fingerprint density at radius 2 is 1.93 bits per heavy atom. The molecule has 3 rings (SSSR count). The molecule has 2 aromatic heterocycles. The third-order valence-corrected chi connectivity index (χ3v) is 4.27. The summed E-state index contributed by atoms with van der Waals surface area (Å²) in [5.41, 5.74) is 2.65. The molecule has 0 aliphatic carbocycles. The van der Waals surface area contributed by atoms with Gasteiger partial charge < -0.3 is 10.6 Å². The van der Waals surface area contributed by atoms with Crippen molar-refractivity contribution in [3.05, 3.63) is 65.6 Å². The molecule has 0 unspecified atom stereocenters. The molecule has 0 aliphatic rings. The summed E-state index contributed by atoms with van der Waals surface area (Å²) in [6.07, 6.45) is 4.20. The SMILES string of the molecule is CC(C)CCNC(=O)c1cc(-c2ccnc(Nc3cccc(Cl)c3)n2)ccn1. The van der Waals surface area contributed by atoms with Crippen LogP contribution in [0.4, 0.5) is 11.6 Å². The minimum Gasteiger partial charge on any atom is -0.351 e. The van der Waals surface area contributed by atoms with Gasteiger partial charge in [0.2, 0.25) is 5.95 Å². The summed E-state index contributed by atoms with van der Waals surface area (Å²) in [7, 11) is 0. The number of nitrogens with zero attached hydrogens (tertiary/aromatic N) is 3. The first kappa shape index (κ1) is 19.8. The zero-order chi connectivity index (χ0) is 19.9. The van der Waals surface area contributed by atoms with Crippen molar-refractivity contribution in [2.24, 2.45) is 5.92 Å². The Hall–Kier alpha value is -2.99. The van der Waals surface area contributed by atoms with Gasteiger partial charge in [0.25, 0.3) is 5.91 Å². The number of hydrogen-bond donors (Lipinski definition) is 2. The molecule has 0 saturated heterocycles. The summed E-state index contributed by atoms with van der Waals surface area (Å²) in [5.74, 6) is 0.791. The molecule has 0 spiro atoms. The fourth-order valence-electron chi connectivity index (χ4n) is 2.55. The minimum absolute atomic E-state index is 0.186. The summed E-state index contributed by atoms with van der Waals surface area (Å²) in [6.45, 7) is 4.87. The van der Waals surface area contributed by atoms with Crippen molar-refractivity contribution in [1.29, 1.82) is 0 Å². The quantitative estimate of drug-likeness (QED) is 0.605. The number of aromatic nitrogens is 3. The van der Waals surface area contributed by atoms with Crippen LogP contribution in [0.3, 0.4) is 0 Å². The lowest BCUT2D eigenvalue weighted by molar-refractivity contribution is 0.0947. The van der Waals surface area contributed by atoms with Gasteiger partial charge in [0.1, 0.15) is 5.69 Å². The summed E-state index contributed by atoms with van der Waals surface area (Å²) in [4.78, 5) is 25.3. The van der Waals surface area contributed by atoms with Crippen molar-refractivity contribution >= 4 is 29.1 Å². The van der Waals surface area contributed by atoms with Crippen molar-refractivity contribution in [1.82, 2.24) is 20.3 Å². The van der Waals surface area contributed by atoms with Crippen LogP contribution in [-0.2, 0) is 0 Å². The Morgan fingerprint density at radius 3 is 2.71 bits per heavy atom. The standard InChI is InChI=1S/C21H22ClN5O/c1-14(2)6-9-24-20(28)19-12-15(7-10-23-19)18-8-11-25-21(27-18)26-17-5-3-4-16(22)13-17/h3-5,7-8,10-14H,6,9H2,1-2H3,(H,24,28)(H,25,26,27). The molecule has 0 fully saturated rings. The number of benzene rings is 1. The smallest absolute Gasteiger partial charge is 0.269 e. The second kappa shape index (κ2) is 9.28. The topological polar surface area (TPSA) is 79.8 Å². The molecule has 144 valence electrons. The molecule has 1 aromatic carbocycles. The summed E-state index contributed by atoms with van der Waals surface area (Å²) in [5, 5.41) is 6.66. The zero-order valence-electron chi connectivity index (χ0n) is 15.8. The Morgan fingerprint density at radius 1 is 1.11 bits per heavy atom. The van der Waals surface area contributed by atoms with Gasteiger partial charge in [0.05, 0.1) is 5.69 Å². The second-order valence-electron chi connectivity index (χ2n) is 6.77. The molecule has 1 amide bonds. The number of carbonyl (C=O) groups is 1. The molecule has 2 N–H and O–H groups in total. The van der Waals surface area contributed by atoms with Crippen LogP contribution in [0.5, 0.6) is 0 Å². The van der Waals surface area contributed by atoms with E-state index in [1.807, 2.05) is 18.2 Å². The number of halogens is 1. The van der Waals surface area contributed by atoms with Gasteiger partial charge in [-0.1, -0.05) is 31.5 Å². The number of pyridine rings is 1. The van der Waals surface area contributed by atoms with E-state index in [0.717, 1.165) is 17.7 Å². The maximum Gasteiger partial charge on any atom is 0.269 e. The van der Waals surface area contributed by atoms with Gasteiger partial charge in [-0.3, -0.25) is 9.78 Å².